The van der Waals surface area contributed by atoms with Gasteiger partial charge in [0, 0.05) is 19.1 Å². The molecule has 1 aliphatic heterocycles. The highest BCUT2D eigenvalue weighted by molar-refractivity contribution is 5.71. The van der Waals surface area contributed by atoms with Gasteiger partial charge in [-0.2, -0.15) is 0 Å². The van der Waals surface area contributed by atoms with E-state index in [1.807, 2.05) is 56.0 Å². The Bertz CT molecular complexity index is 637. The Morgan fingerprint density at radius 1 is 1.12 bits per heavy atom. The Labute approximate surface area is 155 Å². The van der Waals surface area contributed by atoms with Gasteiger partial charge in [0.25, 0.3) is 0 Å². The quantitative estimate of drug-likeness (QED) is 0.819. The van der Waals surface area contributed by atoms with Crippen LogP contribution >= 0.6 is 0 Å². The number of nitrogens with zero attached hydrogens (tertiary/aromatic N) is 2. The molecule has 26 heavy (non-hydrogen) atoms. The van der Waals surface area contributed by atoms with Crippen molar-refractivity contribution in [2.45, 2.75) is 64.3 Å². The van der Waals surface area contributed by atoms with E-state index in [4.69, 9.17) is 9.47 Å². The van der Waals surface area contributed by atoms with Crippen LogP contribution in [0.1, 0.15) is 45.6 Å². The second-order valence-electron chi connectivity index (χ2n) is 8.05. The first-order valence-electron chi connectivity index (χ1n) is 9.30. The van der Waals surface area contributed by atoms with E-state index in [0.717, 1.165) is 24.8 Å². The number of carbonyl (C=O) groups is 2. The van der Waals surface area contributed by atoms with E-state index < -0.39 is 5.60 Å². The van der Waals surface area contributed by atoms with Crippen LogP contribution in [0.2, 0.25) is 0 Å². The molecule has 3 rings (SSSR count). The minimum absolute atomic E-state index is 0.00150. The SMILES string of the molecule is CC(C)(C)OC(=O)N(C1CC1)[C@H]1CCN(C(=O)OCc2ccccc2)C1. The summed E-state index contributed by atoms with van der Waals surface area (Å²) in [6.45, 7) is 6.99. The van der Waals surface area contributed by atoms with Gasteiger partial charge in [0.1, 0.15) is 12.2 Å². The highest BCUT2D eigenvalue weighted by Gasteiger charge is 2.43. The summed E-state index contributed by atoms with van der Waals surface area (Å²) in [7, 11) is 0. The molecule has 2 fully saturated rings. The van der Waals surface area contributed by atoms with Crippen molar-refractivity contribution < 1.29 is 19.1 Å². The second kappa shape index (κ2) is 7.56. The fraction of sp³-hybridized carbons (Fsp3) is 0.600. The van der Waals surface area contributed by atoms with Crippen LogP contribution in [0.5, 0.6) is 0 Å². The zero-order chi connectivity index (χ0) is 18.7. The maximum absolute atomic E-state index is 12.6. The molecule has 0 spiro atoms. The van der Waals surface area contributed by atoms with Gasteiger partial charge in [0.15, 0.2) is 0 Å². The number of ether oxygens (including phenoxy) is 2. The lowest BCUT2D eigenvalue weighted by Gasteiger charge is -2.31. The van der Waals surface area contributed by atoms with Gasteiger partial charge in [0.2, 0.25) is 0 Å². The van der Waals surface area contributed by atoms with Crippen LogP contribution in [-0.2, 0) is 16.1 Å². The Balaban J connectivity index is 1.54. The molecule has 0 N–H and O–H groups in total. The fourth-order valence-electron chi connectivity index (χ4n) is 3.21. The van der Waals surface area contributed by atoms with Gasteiger partial charge in [-0.25, -0.2) is 9.59 Å². The van der Waals surface area contributed by atoms with Gasteiger partial charge in [-0.3, -0.25) is 0 Å². The molecule has 1 aromatic rings. The van der Waals surface area contributed by atoms with E-state index in [1.165, 1.54) is 0 Å². The normalized spacial score (nSPS) is 20.0. The molecule has 2 aliphatic rings. The summed E-state index contributed by atoms with van der Waals surface area (Å²) in [6, 6.07) is 9.87. The van der Waals surface area contributed by atoms with Crippen molar-refractivity contribution in [1.82, 2.24) is 9.80 Å². The summed E-state index contributed by atoms with van der Waals surface area (Å²) in [5.41, 5.74) is 0.446. The van der Waals surface area contributed by atoms with Crippen LogP contribution < -0.4 is 0 Å². The van der Waals surface area contributed by atoms with E-state index in [0.29, 0.717) is 13.1 Å². The average Bonchev–Trinajstić information content (AvgIpc) is 3.28. The smallest absolute Gasteiger partial charge is 0.410 e. The Kier molecular flexibility index (Phi) is 5.39. The molecule has 1 aromatic carbocycles. The van der Waals surface area contributed by atoms with Crippen LogP contribution in [0, 0.1) is 0 Å². The second-order valence-corrected chi connectivity index (χ2v) is 8.05. The largest absolute Gasteiger partial charge is 0.445 e. The predicted molar refractivity (Wildman–Crippen MR) is 97.7 cm³/mol. The lowest BCUT2D eigenvalue weighted by Crippen LogP contribution is -2.46. The van der Waals surface area contributed by atoms with Gasteiger partial charge < -0.3 is 19.3 Å². The minimum atomic E-state index is -0.517. The first kappa shape index (κ1) is 18.5. The molecule has 1 atom stereocenters. The Morgan fingerprint density at radius 2 is 1.81 bits per heavy atom. The van der Waals surface area contributed by atoms with Crippen LogP contribution in [-0.4, -0.2) is 52.8 Å². The number of benzene rings is 1. The first-order valence-corrected chi connectivity index (χ1v) is 9.30. The highest BCUT2D eigenvalue weighted by Crippen LogP contribution is 2.33. The standard InChI is InChI=1S/C20H28N2O4/c1-20(2,3)26-19(24)22(16-9-10-16)17-11-12-21(13-17)18(23)25-14-15-7-5-4-6-8-15/h4-8,16-17H,9-14H2,1-3H3/t17-/m0/s1. The highest BCUT2D eigenvalue weighted by atomic mass is 16.6. The number of likely N-dealkylation sites (tertiary alicyclic amines) is 1. The van der Waals surface area contributed by atoms with Gasteiger partial charge in [-0.1, -0.05) is 30.3 Å². The molecule has 1 saturated heterocycles. The van der Waals surface area contributed by atoms with Crippen molar-refractivity contribution in [2.24, 2.45) is 0 Å². The van der Waals surface area contributed by atoms with Crippen LogP contribution in [0.15, 0.2) is 30.3 Å². The van der Waals surface area contributed by atoms with Crippen LogP contribution in [0.4, 0.5) is 9.59 Å². The average molecular weight is 360 g/mol. The summed E-state index contributed by atoms with van der Waals surface area (Å²) >= 11 is 0. The maximum atomic E-state index is 12.6. The van der Waals surface area contributed by atoms with E-state index in [2.05, 4.69) is 0 Å². The van der Waals surface area contributed by atoms with Gasteiger partial charge in [-0.15, -0.1) is 0 Å². The lowest BCUT2D eigenvalue weighted by molar-refractivity contribution is 0.0144. The number of hydrogen-bond acceptors (Lipinski definition) is 4. The topological polar surface area (TPSA) is 59.1 Å². The molecule has 0 aromatic heterocycles. The van der Waals surface area contributed by atoms with Crippen molar-refractivity contribution >= 4 is 12.2 Å². The number of carbonyl (C=O) groups excluding carboxylic acids is 2. The molecule has 6 nitrogen and oxygen atoms in total. The third-order valence-electron chi connectivity index (χ3n) is 4.56. The summed E-state index contributed by atoms with van der Waals surface area (Å²) < 4.78 is 11.0. The molecule has 1 saturated carbocycles. The summed E-state index contributed by atoms with van der Waals surface area (Å²) in [5, 5.41) is 0. The number of hydrogen-bond donors (Lipinski definition) is 0. The molecule has 2 amide bonds. The molecule has 0 radical (unpaired) electrons. The van der Waals surface area contributed by atoms with Crippen molar-refractivity contribution in [3.05, 3.63) is 35.9 Å². The van der Waals surface area contributed by atoms with Gasteiger partial charge in [0.05, 0.1) is 6.04 Å². The molecule has 0 unspecified atom stereocenters. The monoisotopic (exact) mass is 360 g/mol. The summed E-state index contributed by atoms with van der Waals surface area (Å²) in [6.07, 6.45) is 2.18. The van der Waals surface area contributed by atoms with Crippen molar-refractivity contribution in [3.63, 3.8) is 0 Å². The Morgan fingerprint density at radius 3 is 2.42 bits per heavy atom. The molecule has 1 aliphatic carbocycles. The molecule has 0 bridgehead atoms. The molecular weight excluding hydrogens is 332 g/mol. The predicted octanol–water partition coefficient (Wildman–Crippen LogP) is 3.80. The first-order chi connectivity index (χ1) is 12.3. The molecule has 6 heteroatoms. The van der Waals surface area contributed by atoms with E-state index in [-0.39, 0.29) is 30.9 Å². The zero-order valence-corrected chi connectivity index (χ0v) is 15.8. The summed E-state index contributed by atoms with van der Waals surface area (Å²) in [5.74, 6) is 0. The van der Waals surface area contributed by atoms with Crippen molar-refractivity contribution in [3.8, 4) is 0 Å². The molecule has 142 valence electrons. The van der Waals surface area contributed by atoms with E-state index in [9.17, 15) is 9.59 Å². The van der Waals surface area contributed by atoms with E-state index >= 15 is 0 Å². The van der Waals surface area contributed by atoms with Crippen molar-refractivity contribution in [2.75, 3.05) is 13.1 Å². The Hall–Kier alpha value is -2.24. The molecule has 1 heterocycles. The van der Waals surface area contributed by atoms with Crippen LogP contribution in [0.3, 0.4) is 0 Å². The maximum Gasteiger partial charge on any atom is 0.410 e. The van der Waals surface area contributed by atoms with Crippen molar-refractivity contribution in [1.29, 1.82) is 0 Å². The summed E-state index contributed by atoms with van der Waals surface area (Å²) in [4.78, 5) is 28.5. The third-order valence-corrected chi connectivity index (χ3v) is 4.56. The lowest BCUT2D eigenvalue weighted by atomic mass is 10.2. The van der Waals surface area contributed by atoms with Crippen LogP contribution in [0.25, 0.3) is 0 Å². The van der Waals surface area contributed by atoms with E-state index in [1.54, 1.807) is 4.90 Å². The zero-order valence-electron chi connectivity index (χ0n) is 15.8. The minimum Gasteiger partial charge on any atom is -0.445 e. The van der Waals surface area contributed by atoms with Gasteiger partial charge in [-0.05, 0) is 45.6 Å². The number of rotatable bonds is 4. The van der Waals surface area contributed by atoms with Gasteiger partial charge >= 0.3 is 12.2 Å². The molecular formula is C20H28N2O4. The fourth-order valence-corrected chi connectivity index (χ4v) is 3.21. The number of amides is 2. The third kappa shape index (κ3) is 4.90.